The van der Waals surface area contributed by atoms with Crippen molar-refractivity contribution >= 4 is 15.9 Å². The van der Waals surface area contributed by atoms with Crippen LogP contribution in [0.2, 0.25) is 0 Å². The molecule has 2 aliphatic rings. The Bertz CT molecular complexity index is 1500. The lowest BCUT2D eigenvalue weighted by molar-refractivity contribution is -0.119. The van der Waals surface area contributed by atoms with Crippen LogP contribution in [0.25, 0.3) is 11.1 Å². The summed E-state index contributed by atoms with van der Waals surface area (Å²) in [6.45, 7) is 8.44. The third-order valence-corrected chi connectivity index (χ3v) is 8.66. The molecule has 9 heteroatoms. The number of aryl methyl sites for hydroxylation is 2. The fourth-order valence-corrected chi connectivity index (χ4v) is 6.72. The van der Waals surface area contributed by atoms with E-state index in [0.29, 0.717) is 25.4 Å². The van der Waals surface area contributed by atoms with E-state index in [0.717, 1.165) is 44.9 Å². The summed E-state index contributed by atoms with van der Waals surface area (Å²) in [5.74, 6) is 1.23. The van der Waals surface area contributed by atoms with Gasteiger partial charge in [0.15, 0.2) is 6.10 Å². The maximum absolute atomic E-state index is 11.9. The normalized spacial score (nSPS) is 19.9. The Morgan fingerprint density at radius 3 is 2.40 bits per heavy atom. The van der Waals surface area contributed by atoms with Crippen molar-refractivity contribution in [2.45, 2.75) is 58.2 Å². The number of nitrogens with one attached hydrogen (secondary N) is 1. The first kappa shape index (κ1) is 28.0. The molecule has 8 nitrogen and oxygen atoms in total. The molecule has 2 heterocycles. The van der Waals surface area contributed by atoms with Gasteiger partial charge in [-0.2, -0.15) is 0 Å². The molecule has 2 aliphatic heterocycles. The van der Waals surface area contributed by atoms with Gasteiger partial charge in [0, 0.05) is 29.9 Å². The molecule has 0 aliphatic carbocycles. The van der Waals surface area contributed by atoms with Crippen molar-refractivity contribution in [3.63, 3.8) is 0 Å². The zero-order chi connectivity index (χ0) is 28.7. The van der Waals surface area contributed by atoms with Crippen LogP contribution in [-0.2, 0) is 14.8 Å². The molecule has 2 N–H and O–H groups in total. The second kappa shape index (κ2) is 10.8. The van der Waals surface area contributed by atoms with Gasteiger partial charge in [0.2, 0.25) is 15.9 Å². The van der Waals surface area contributed by atoms with E-state index in [2.05, 4.69) is 19.9 Å². The van der Waals surface area contributed by atoms with E-state index < -0.39 is 21.5 Å². The Balaban J connectivity index is 1.32. The van der Waals surface area contributed by atoms with E-state index in [4.69, 9.17) is 14.2 Å². The van der Waals surface area contributed by atoms with Crippen molar-refractivity contribution < 1.29 is 32.5 Å². The molecule has 5 rings (SSSR count). The molecular weight excluding hydrogens is 530 g/mol. The SMILES string of the molecule is Cc1cc(OCCC(C)(C)O)cc(C)c1-c1cccc2c1OC[C@H]2Oc1ccc(C2CC(=O)NS(=O)(=O)C2)cc1. The van der Waals surface area contributed by atoms with Gasteiger partial charge in [-0.25, -0.2) is 8.42 Å². The van der Waals surface area contributed by atoms with Crippen LogP contribution in [0.4, 0.5) is 0 Å². The first-order valence-corrected chi connectivity index (χ1v) is 15.1. The predicted molar refractivity (Wildman–Crippen MR) is 152 cm³/mol. The molecule has 40 heavy (non-hydrogen) atoms. The van der Waals surface area contributed by atoms with Crippen LogP contribution in [-0.4, -0.2) is 44.0 Å². The van der Waals surface area contributed by atoms with Gasteiger partial charge < -0.3 is 19.3 Å². The van der Waals surface area contributed by atoms with Gasteiger partial charge in [-0.05, 0) is 74.2 Å². The third kappa shape index (κ3) is 6.26. The number of aliphatic hydroxyl groups is 1. The lowest BCUT2D eigenvalue weighted by atomic mass is 9.93. The van der Waals surface area contributed by atoms with Crippen molar-refractivity contribution in [3.05, 3.63) is 76.9 Å². The third-order valence-electron chi connectivity index (χ3n) is 7.28. The summed E-state index contributed by atoms with van der Waals surface area (Å²) >= 11 is 0. The van der Waals surface area contributed by atoms with Gasteiger partial charge in [-0.1, -0.05) is 30.3 Å². The summed E-state index contributed by atoms with van der Waals surface area (Å²) in [5.41, 5.74) is 5.18. The topological polar surface area (TPSA) is 111 Å². The number of amides is 1. The molecule has 0 aromatic heterocycles. The van der Waals surface area contributed by atoms with Gasteiger partial charge in [-0.3, -0.25) is 9.52 Å². The van der Waals surface area contributed by atoms with Crippen molar-refractivity contribution in [2.75, 3.05) is 19.0 Å². The standard InChI is InChI=1S/C31H35NO7S/c1-19-14-24(37-13-12-31(3,4)34)15-20(2)29(19)26-7-5-6-25-27(17-38-30(25)26)39-23-10-8-21(9-11-23)22-16-28(33)32-40(35,36)18-22/h5-11,14-15,22,27,34H,12-13,16-18H2,1-4H3,(H,32,33)/t22?,27-/m1/s1. The average molecular weight is 566 g/mol. The van der Waals surface area contributed by atoms with E-state index in [9.17, 15) is 18.3 Å². The minimum atomic E-state index is -3.60. The van der Waals surface area contributed by atoms with E-state index in [1.54, 1.807) is 26.0 Å². The van der Waals surface area contributed by atoms with Crippen LogP contribution in [0.1, 0.15) is 61.0 Å². The molecule has 1 fully saturated rings. The molecule has 0 bridgehead atoms. The molecule has 1 unspecified atom stereocenters. The second-order valence-electron chi connectivity index (χ2n) is 11.3. The summed E-state index contributed by atoms with van der Waals surface area (Å²) in [6.07, 6.45) is 0.377. The molecule has 0 radical (unpaired) electrons. The number of carbonyl (C=O) groups is 1. The van der Waals surface area contributed by atoms with Crippen LogP contribution in [0.15, 0.2) is 54.6 Å². The smallest absolute Gasteiger partial charge is 0.235 e. The Labute approximate surface area is 235 Å². The minimum absolute atomic E-state index is 0.113. The highest BCUT2D eigenvalue weighted by atomic mass is 32.2. The van der Waals surface area contributed by atoms with Crippen LogP contribution in [0.5, 0.6) is 17.2 Å². The number of sulfonamides is 1. The van der Waals surface area contributed by atoms with Crippen molar-refractivity contribution in [3.8, 4) is 28.4 Å². The maximum atomic E-state index is 11.9. The van der Waals surface area contributed by atoms with E-state index in [-0.39, 0.29) is 24.2 Å². The lowest BCUT2D eigenvalue weighted by Crippen LogP contribution is -2.40. The first-order valence-electron chi connectivity index (χ1n) is 13.4. The number of hydrogen-bond donors (Lipinski definition) is 2. The first-order chi connectivity index (χ1) is 18.9. The highest BCUT2D eigenvalue weighted by Crippen LogP contribution is 2.45. The molecule has 212 valence electrons. The van der Waals surface area contributed by atoms with E-state index in [1.807, 2.05) is 41.1 Å². The zero-order valence-corrected chi connectivity index (χ0v) is 24.0. The molecule has 1 saturated heterocycles. The number of carbonyl (C=O) groups excluding carboxylic acids is 1. The summed E-state index contributed by atoms with van der Waals surface area (Å²) < 4.78 is 44.3. The Kier molecular flexibility index (Phi) is 7.54. The molecule has 3 aromatic carbocycles. The number of benzene rings is 3. The summed E-state index contributed by atoms with van der Waals surface area (Å²) in [7, 11) is -3.60. The number of hydrogen-bond acceptors (Lipinski definition) is 7. The molecular formula is C31H35NO7S. The molecule has 3 aromatic rings. The molecule has 2 atom stereocenters. The number of para-hydroxylation sites is 1. The highest BCUT2D eigenvalue weighted by Gasteiger charge is 2.32. The van der Waals surface area contributed by atoms with Crippen LogP contribution >= 0.6 is 0 Å². The monoisotopic (exact) mass is 565 g/mol. The Morgan fingerprint density at radius 1 is 1.05 bits per heavy atom. The zero-order valence-electron chi connectivity index (χ0n) is 23.2. The Morgan fingerprint density at radius 2 is 1.75 bits per heavy atom. The molecule has 0 spiro atoms. The van der Waals surface area contributed by atoms with Crippen molar-refractivity contribution in [2.24, 2.45) is 0 Å². The van der Waals surface area contributed by atoms with Gasteiger partial charge in [0.25, 0.3) is 0 Å². The number of ether oxygens (including phenoxy) is 3. The summed E-state index contributed by atoms with van der Waals surface area (Å²) in [4.78, 5) is 11.8. The molecule has 0 saturated carbocycles. The van der Waals surface area contributed by atoms with Gasteiger partial charge >= 0.3 is 0 Å². The van der Waals surface area contributed by atoms with Crippen molar-refractivity contribution in [1.29, 1.82) is 0 Å². The fourth-order valence-electron chi connectivity index (χ4n) is 5.36. The minimum Gasteiger partial charge on any atom is -0.493 e. The quantitative estimate of drug-likeness (QED) is 0.397. The average Bonchev–Trinajstić information content (AvgIpc) is 3.25. The summed E-state index contributed by atoms with van der Waals surface area (Å²) in [6, 6.07) is 17.3. The van der Waals surface area contributed by atoms with Crippen LogP contribution < -0.4 is 18.9 Å². The highest BCUT2D eigenvalue weighted by molar-refractivity contribution is 7.90. The fraction of sp³-hybridized carbons (Fsp3) is 0.387. The number of rotatable bonds is 8. The second-order valence-corrected chi connectivity index (χ2v) is 13.0. The lowest BCUT2D eigenvalue weighted by Gasteiger charge is -2.22. The largest absolute Gasteiger partial charge is 0.493 e. The number of fused-ring (bicyclic) bond motifs is 1. The van der Waals surface area contributed by atoms with E-state index in [1.165, 1.54) is 0 Å². The summed E-state index contributed by atoms with van der Waals surface area (Å²) in [5, 5.41) is 9.96. The van der Waals surface area contributed by atoms with Gasteiger partial charge in [-0.15, -0.1) is 0 Å². The molecule has 1 amide bonds. The van der Waals surface area contributed by atoms with Crippen LogP contribution in [0, 0.1) is 13.8 Å². The van der Waals surface area contributed by atoms with Crippen LogP contribution in [0.3, 0.4) is 0 Å². The van der Waals surface area contributed by atoms with E-state index >= 15 is 0 Å². The Hall–Kier alpha value is -3.56. The predicted octanol–water partition coefficient (Wildman–Crippen LogP) is 4.96. The maximum Gasteiger partial charge on any atom is 0.235 e. The van der Waals surface area contributed by atoms with Gasteiger partial charge in [0.1, 0.15) is 23.9 Å². The van der Waals surface area contributed by atoms with Gasteiger partial charge in [0.05, 0.1) is 18.0 Å². The van der Waals surface area contributed by atoms with Crippen molar-refractivity contribution in [1.82, 2.24) is 4.72 Å².